The fourth-order valence-electron chi connectivity index (χ4n) is 2.07. The van der Waals surface area contributed by atoms with Crippen LogP contribution in [0.3, 0.4) is 0 Å². The van der Waals surface area contributed by atoms with Gasteiger partial charge < -0.3 is 9.47 Å². The predicted molar refractivity (Wildman–Crippen MR) is 59.1 cm³/mol. The Morgan fingerprint density at radius 2 is 1.76 bits per heavy atom. The number of ether oxygens (including phenoxy) is 2. The smallest absolute Gasteiger partial charge is 0.320 e. The van der Waals surface area contributed by atoms with Gasteiger partial charge in [0.1, 0.15) is 5.78 Å². The third-order valence-electron chi connectivity index (χ3n) is 2.84. The van der Waals surface area contributed by atoms with Gasteiger partial charge in [0.2, 0.25) is 0 Å². The van der Waals surface area contributed by atoms with E-state index in [0.717, 1.165) is 0 Å². The van der Waals surface area contributed by atoms with Gasteiger partial charge in [0.05, 0.1) is 13.2 Å². The Hall–Kier alpha value is -1.39. The molecule has 1 aliphatic rings. The summed E-state index contributed by atoms with van der Waals surface area (Å²) in [5.41, 5.74) is 0. The van der Waals surface area contributed by atoms with Crippen LogP contribution in [0, 0.1) is 11.8 Å². The summed E-state index contributed by atoms with van der Waals surface area (Å²) in [4.78, 5) is 34.7. The summed E-state index contributed by atoms with van der Waals surface area (Å²) in [6.07, 6.45) is 1.25. The molecule has 0 saturated heterocycles. The van der Waals surface area contributed by atoms with E-state index in [0.29, 0.717) is 12.8 Å². The van der Waals surface area contributed by atoms with Gasteiger partial charge in [-0.25, -0.2) is 0 Å². The summed E-state index contributed by atoms with van der Waals surface area (Å²) in [5, 5.41) is 0. The fourth-order valence-corrected chi connectivity index (χ4v) is 2.07. The van der Waals surface area contributed by atoms with Crippen LogP contribution in [-0.2, 0) is 23.9 Å². The molecular formula is C12H18O5. The largest absolute Gasteiger partial charge is 0.465 e. The molecule has 1 saturated carbocycles. The Morgan fingerprint density at radius 3 is 2.12 bits per heavy atom. The first-order valence-corrected chi connectivity index (χ1v) is 5.95. The predicted octanol–water partition coefficient (Wildman–Crippen LogP) is 1.10. The first-order chi connectivity index (χ1) is 8.10. The minimum Gasteiger partial charge on any atom is -0.465 e. The van der Waals surface area contributed by atoms with Crippen molar-refractivity contribution in [3.63, 3.8) is 0 Å². The molecule has 0 spiro atoms. The van der Waals surface area contributed by atoms with Crippen molar-refractivity contribution in [2.24, 2.45) is 11.8 Å². The Kier molecular flexibility index (Phi) is 5.12. The topological polar surface area (TPSA) is 69.7 Å². The van der Waals surface area contributed by atoms with Crippen LogP contribution in [0.15, 0.2) is 0 Å². The maximum absolute atomic E-state index is 11.7. The van der Waals surface area contributed by atoms with E-state index in [9.17, 15) is 14.4 Å². The van der Waals surface area contributed by atoms with Crippen LogP contribution in [0.4, 0.5) is 0 Å². The lowest BCUT2D eigenvalue weighted by Crippen LogP contribution is -2.33. The SMILES string of the molecule is CCOC(=O)C(C(=O)OCC)[C@@H]1CCC(=O)C1. The normalized spacial score (nSPS) is 19.5. The van der Waals surface area contributed by atoms with Crippen molar-refractivity contribution in [1.82, 2.24) is 0 Å². The summed E-state index contributed by atoms with van der Waals surface area (Å²) in [6, 6.07) is 0. The highest BCUT2D eigenvalue weighted by molar-refractivity contribution is 5.96. The average molecular weight is 242 g/mol. The van der Waals surface area contributed by atoms with Gasteiger partial charge in [-0.1, -0.05) is 0 Å². The number of ketones is 1. The molecule has 1 fully saturated rings. The number of carbonyl (C=O) groups is 3. The molecule has 1 aliphatic carbocycles. The van der Waals surface area contributed by atoms with Gasteiger partial charge in [-0.2, -0.15) is 0 Å². The molecule has 0 heterocycles. The number of rotatable bonds is 5. The molecule has 5 nitrogen and oxygen atoms in total. The standard InChI is InChI=1S/C12H18O5/c1-3-16-11(14)10(12(15)17-4-2)8-5-6-9(13)7-8/h8,10H,3-7H2,1-2H3/t8-/m1/s1. The Balaban J connectivity index is 2.74. The van der Waals surface area contributed by atoms with Crippen molar-refractivity contribution in [2.75, 3.05) is 13.2 Å². The van der Waals surface area contributed by atoms with E-state index < -0.39 is 17.9 Å². The second-order valence-corrected chi connectivity index (χ2v) is 4.02. The van der Waals surface area contributed by atoms with Crippen LogP contribution in [0.25, 0.3) is 0 Å². The molecule has 0 aliphatic heterocycles. The lowest BCUT2D eigenvalue weighted by molar-refractivity contribution is -0.164. The van der Waals surface area contributed by atoms with Crippen molar-refractivity contribution in [1.29, 1.82) is 0 Å². The highest BCUT2D eigenvalue weighted by Crippen LogP contribution is 2.31. The van der Waals surface area contributed by atoms with Crippen molar-refractivity contribution in [3.8, 4) is 0 Å². The van der Waals surface area contributed by atoms with Gasteiger partial charge in [0.25, 0.3) is 0 Å². The number of Topliss-reactive ketones (excluding diaryl/α,β-unsaturated/α-hetero) is 1. The second kappa shape index (κ2) is 6.37. The summed E-state index contributed by atoms with van der Waals surface area (Å²) in [7, 11) is 0. The molecule has 0 aromatic heterocycles. The van der Waals surface area contributed by atoms with E-state index in [2.05, 4.69) is 0 Å². The molecule has 0 N–H and O–H groups in total. The molecule has 0 radical (unpaired) electrons. The van der Waals surface area contributed by atoms with E-state index in [1.165, 1.54) is 0 Å². The maximum atomic E-state index is 11.7. The van der Waals surface area contributed by atoms with Gasteiger partial charge in [0, 0.05) is 12.8 Å². The molecular weight excluding hydrogens is 224 g/mol. The minimum atomic E-state index is -0.943. The van der Waals surface area contributed by atoms with Crippen molar-refractivity contribution in [3.05, 3.63) is 0 Å². The first kappa shape index (κ1) is 13.7. The number of esters is 2. The molecule has 0 amide bonds. The molecule has 0 bridgehead atoms. The quantitative estimate of drug-likeness (QED) is 0.533. The summed E-state index contributed by atoms with van der Waals surface area (Å²) in [6.45, 7) is 3.80. The van der Waals surface area contributed by atoms with Gasteiger partial charge in [-0.15, -0.1) is 0 Å². The van der Waals surface area contributed by atoms with Crippen LogP contribution < -0.4 is 0 Å². The molecule has 5 heteroatoms. The third-order valence-corrected chi connectivity index (χ3v) is 2.84. The molecule has 17 heavy (non-hydrogen) atoms. The van der Waals surface area contributed by atoms with Crippen LogP contribution in [0.5, 0.6) is 0 Å². The van der Waals surface area contributed by atoms with Crippen molar-refractivity contribution >= 4 is 17.7 Å². The van der Waals surface area contributed by atoms with Crippen LogP contribution in [0.2, 0.25) is 0 Å². The number of hydrogen-bond acceptors (Lipinski definition) is 5. The molecule has 1 rings (SSSR count). The average Bonchev–Trinajstić information content (AvgIpc) is 2.66. The van der Waals surface area contributed by atoms with Gasteiger partial charge in [0.15, 0.2) is 5.92 Å². The van der Waals surface area contributed by atoms with Crippen LogP contribution in [-0.4, -0.2) is 30.9 Å². The number of hydrogen-bond donors (Lipinski definition) is 0. The molecule has 0 unspecified atom stereocenters. The molecule has 0 aromatic rings. The van der Waals surface area contributed by atoms with E-state index in [1.807, 2.05) is 0 Å². The van der Waals surface area contributed by atoms with Crippen molar-refractivity contribution in [2.45, 2.75) is 33.1 Å². The summed E-state index contributed by atoms with van der Waals surface area (Å²) < 4.78 is 9.74. The van der Waals surface area contributed by atoms with Gasteiger partial charge in [-0.3, -0.25) is 14.4 Å². The number of carbonyl (C=O) groups excluding carboxylic acids is 3. The lowest BCUT2D eigenvalue weighted by Gasteiger charge is -2.19. The van der Waals surface area contributed by atoms with E-state index in [4.69, 9.17) is 9.47 Å². The summed E-state index contributed by atoms with van der Waals surface area (Å²) in [5.74, 6) is -2.27. The lowest BCUT2D eigenvalue weighted by atomic mass is 9.91. The fraction of sp³-hybridized carbons (Fsp3) is 0.750. The maximum Gasteiger partial charge on any atom is 0.320 e. The Bertz CT molecular complexity index is 292. The third kappa shape index (κ3) is 3.54. The molecule has 1 atom stereocenters. The second-order valence-electron chi connectivity index (χ2n) is 4.02. The molecule has 96 valence electrons. The zero-order chi connectivity index (χ0) is 12.8. The van der Waals surface area contributed by atoms with E-state index in [1.54, 1.807) is 13.8 Å². The van der Waals surface area contributed by atoms with E-state index in [-0.39, 0.29) is 31.3 Å². The highest BCUT2D eigenvalue weighted by Gasteiger charge is 2.40. The van der Waals surface area contributed by atoms with Crippen molar-refractivity contribution < 1.29 is 23.9 Å². The van der Waals surface area contributed by atoms with E-state index >= 15 is 0 Å². The monoisotopic (exact) mass is 242 g/mol. The Morgan fingerprint density at radius 1 is 1.24 bits per heavy atom. The Labute approximate surface area is 100 Å². The molecule has 0 aromatic carbocycles. The minimum absolute atomic E-state index is 0.0913. The zero-order valence-corrected chi connectivity index (χ0v) is 10.2. The van der Waals surface area contributed by atoms with Crippen LogP contribution in [0.1, 0.15) is 33.1 Å². The first-order valence-electron chi connectivity index (χ1n) is 5.95. The van der Waals surface area contributed by atoms with Gasteiger partial charge in [-0.05, 0) is 26.2 Å². The highest BCUT2D eigenvalue weighted by atomic mass is 16.6. The van der Waals surface area contributed by atoms with Crippen LogP contribution >= 0.6 is 0 Å². The zero-order valence-electron chi connectivity index (χ0n) is 10.2. The summed E-state index contributed by atoms with van der Waals surface area (Å²) >= 11 is 0. The van der Waals surface area contributed by atoms with Gasteiger partial charge >= 0.3 is 11.9 Å².